The van der Waals surface area contributed by atoms with Crippen LogP contribution < -0.4 is 5.43 Å². The molecule has 0 N–H and O–H groups in total. The van der Waals surface area contributed by atoms with Gasteiger partial charge in [-0.2, -0.15) is 0 Å². The third-order valence-corrected chi connectivity index (χ3v) is 5.21. The second kappa shape index (κ2) is 6.19. The van der Waals surface area contributed by atoms with E-state index < -0.39 is 0 Å². The van der Waals surface area contributed by atoms with E-state index in [9.17, 15) is 4.79 Å². The molecular formula is C21H22O2. The number of hydrogen-bond donors (Lipinski definition) is 0. The molecule has 118 valence electrons. The fourth-order valence-electron chi connectivity index (χ4n) is 3.85. The van der Waals surface area contributed by atoms with Crippen molar-refractivity contribution in [3.8, 4) is 0 Å². The smallest absolute Gasteiger partial charge is 0.200 e. The highest BCUT2D eigenvalue weighted by molar-refractivity contribution is 5.89. The Morgan fingerprint density at radius 1 is 0.913 bits per heavy atom. The van der Waals surface area contributed by atoms with Crippen LogP contribution in [0.15, 0.2) is 51.7 Å². The lowest BCUT2D eigenvalue weighted by Crippen LogP contribution is -2.07. The van der Waals surface area contributed by atoms with Crippen molar-refractivity contribution in [3.05, 3.63) is 58.3 Å². The lowest BCUT2D eigenvalue weighted by Gasteiger charge is -2.21. The van der Waals surface area contributed by atoms with Crippen molar-refractivity contribution in [3.63, 3.8) is 0 Å². The van der Waals surface area contributed by atoms with Gasteiger partial charge >= 0.3 is 0 Å². The molecule has 1 aliphatic rings. The molecule has 0 unspecified atom stereocenters. The van der Waals surface area contributed by atoms with E-state index in [-0.39, 0.29) is 5.43 Å². The summed E-state index contributed by atoms with van der Waals surface area (Å²) in [6, 6.07) is 13.6. The first-order chi connectivity index (χ1) is 11.3. The van der Waals surface area contributed by atoms with E-state index in [1.54, 1.807) is 0 Å². The Hall–Kier alpha value is -2.09. The van der Waals surface area contributed by atoms with Gasteiger partial charge in [0.05, 0.1) is 10.8 Å². The molecule has 4 rings (SSSR count). The molecule has 0 spiro atoms. The Bertz CT molecular complexity index is 885. The van der Waals surface area contributed by atoms with Crippen LogP contribution in [0.5, 0.6) is 0 Å². The van der Waals surface area contributed by atoms with E-state index in [2.05, 4.69) is 12.1 Å². The maximum Gasteiger partial charge on any atom is 0.200 e. The van der Waals surface area contributed by atoms with Crippen LogP contribution in [0.4, 0.5) is 0 Å². The van der Waals surface area contributed by atoms with Crippen LogP contribution in [0.2, 0.25) is 0 Å². The molecule has 1 heterocycles. The van der Waals surface area contributed by atoms with E-state index >= 15 is 0 Å². The summed E-state index contributed by atoms with van der Waals surface area (Å²) in [7, 11) is 0. The van der Waals surface area contributed by atoms with Crippen molar-refractivity contribution in [1.29, 1.82) is 0 Å². The van der Waals surface area contributed by atoms with Gasteiger partial charge in [0.1, 0.15) is 11.2 Å². The first-order valence-corrected chi connectivity index (χ1v) is 8.76. The lowest BCUT2D eigenvalue weighted by atomic mass is 9.85. The van der Waals surface area contributed by atoms with Gasteiger partial charge in [-0.05, 0) is 48.6 Å². The number of aryl methyl sites for hydroxylation is 1. The summed E-state index contributed by atoms with van der Waals surface area (Å²) >= 11 is 0. The highest BCUT2D eigenvalue weighted by Gasteiger charge is 2.14. The SMILES string of the molecule is O=c1c2ccccc2oc2cc(CCC3CCCCC3)ccc12. The summed E-state index contributed by atoms with van der Waals surface area (Å²) < 4.78 is 5.96. The minimum absolute atomic E-state index is 0.0701. The van der Waals surface area contributed by atoms with Crippen LogP contribution in [0.1, 0.15) is 44.1 Å². The molecule has 2 aromatic carbocycles. The second-order valence-electron chi connectivity index (χ2n) is 6.80. The van der Waals surface area contributed by atoms with Crippen LogP contribution in [-0.2, 0) is 6.42 Å². The number of para-hydroxylation sites is 1. The zero-order chi connectivity index (χ0) is 15.6. The minimum atomic E-state index is 0.0701. The second-order valence-corrected chi connectivity index (χ2v) is 6.80. The average molecular weight is 306 g/mol. The average Bonchev–Trinajstić information content (AvgIpc) is 2.61. The van der Waals surface area contributed by atoms with Crippen molar-refractivity contribution in [1.82, 2.24) is 0 Å². The molecule has 0 saturated heterocycles. The molecule has 23 heavy (non-hydrogen) atoms. The molecule has 1 saturated carbocycles. The van der Waals surface area contributed by atoms with Crippen LogP contribution in [0, 0.1) is 5.92 Å². The Labute approximate surface area is 136 Å². The number of hydrogen-bond acceptors (Lipinski definition) is 2. The number of rotatable bonds is 3. The van der Waals surface area contributed by atoms with Crippen LogP contribution in [-0.4, -0.2) is 0 Å². The van der Waals surface area contributed by atoms with Gasteiger partial charge in [-0.3, -0.25) is 4.79 Å². The van der Waals surface area contributed by atoms with E-state index in [1.165, 1.54) is 44.1 Å². The van der Waals surface area contributed by atoms with E-state index in [1.807, 2.05) is 30.3 Å². The Morgan fingerprint density at radius 3 is 2.57 bits per heavy atom. The molecule has 1 aliphatic carbocycles. The summed E-state index contributed by atoms with van der Waals surface area (Å²) in [5, 5.41) is 1.35. The molecule has 2 heteroatoms. The first kappa shape index (κ1) is 14.5. The molecule has 1 fully saturated rings. The highest BCUT2D eigenvalue weighted by atomic mass is 16.3. The largest absolute Gasteiger partial charge is 0.456 e. The maximum atomic E-state index is 12.5. The van der Waals surface area contributed by atoms with Gasteiger partial charge in [0.15, 0.2) is 0 Å². The topological polar surface area (TPSA) is 30.2 Å². The molecule has 0 atom stereocenters. The summed E-state index contributed by atoms with van der Waals surface area (Å²) in [4.78, 5) is 12.5. The van der Waals surface area contributed by atoms with E-state index in [0.29, 0.717) is 16.4 Å². The Kier molecular flexibility index (Phi) is 3.90. The summed E-state index contributed by atoms with van der Waals surface area (Å²) in [5.74, 6) is 0.878. The third kappa shape index (κ3) is 2.90. The van der Waals surface area contributed by atoms with Gasteiger partial charge in [-0.15, -0.1) is 0 Å². The third-order valence-electron chi connectivity index (χ3n) is 5.21. The fraction of sp³-hybridized carbons (Fsp3) is 0.381. The molecule has 1 aromatic heterocycles. The van der Waals surface area contributed by atoms with Crippen LogP contribution in [0.3, 0.4) is 0 Å². The van der Waals surface area contributed by atoms with Crippen LogP contribution in [0.25, 0.3) is 21.9 Å². The Morgan fingerprint density at radius 2 is 1.70 bits per heavy atom. The zero-order valence-corrected chi connectivity index (χ0v) is 13.4. The van der Waals surface area contributed by atoms with Gasteiger partial charge in [-0.1, -0.05) is 50.3 Å². The molecule has 2 nitrogen and oxygen atoms in total. The van der Waals surface area contributed by atoms with Crippen molar-refractivity contribution < 1.29 is 4.42 Å². The van der Waals surface area contributed by atoms with Gasteiger partial charge in [0.25, 0.3) is 0 Å². The zero-order valence-electron chi connectivity index (χ0n) is 13.4. The molecule has 0 amide bonds. The Balaban J connectivity index is 1.64. The van der Waals surface area contributed by atoms with Crippen molar-refractivity contribution in [2.24, 2.45) is 5.92 Å². The molecule has 0 radical (unpaired) electrons. The summed E-state index contributed by atoms with van der Waals surface area (Å²) in [6.07, 6.45) is 9.29. The minimum Gasteiger partial charge on any atom is -0.456 e. The normalized spacial score (nSPS) is 16.2. The van der Waals surface area contributed by atoms with Crippen molar-refractivity contribution >= 4 is 21.9 Å². The van der Waals surface area contributed by atoms with Gasteiger partial charge in [0, 0.05) is 0 Å². The fourth-order valence-corrected chi connectivity index (χ4v) is 3.85. The lowest BCUT2D eigenvalue weighted by molar-refractivity contribution is 0.339. The molecule has 0 bridgehead atoms. The monoisotopic (exact) mass is 306 g/mol. The van der Waals surface area contributed by atoms with Crippen molar-refractivity contribution in [2.45, 2.75) is 44.9 Å². The first-order valence-electron chi connectivity index (χ1n) is 8.76. The predicted molar refractivity (Wildman–Crippen MR) is 94.9 cm³/mol. The van der Waals surface area contributed by atoms with E-state index in [4.69, 9.17) is 4.42 Å². The standard InChI is InChI=1S/C21H22O2/c22-21-17-8-4-5-9-19(17)23-20-14-16(12-13-18(20)21)11-10-15-6-2-1-3-7-15/h4-5,8-9,12-15H,1-3,6-7,10-11H2. The van der Waals surface area contributed by atoms with Gasteiger partial charge in [-0.25, -0.2) is 0 Å². The molecule has 3 aromatic rings. The molecule has 0 aliphatic heterocycles. The van der Waals surface area contributed by atoms with Crippen LogP contribution >= 0.6 is 0 Å². The summed E-state index contributed by atoms with van der Waals surface area (Å²) in [6.45, 7) is 0. The van der Waals surface area contributed by atoms with Crippen molar-refractivity contribution in [2.75, 3.05) is 0 Å². The predicted octanol–water partition coefficient (Wildman–Crippen LogP) is 5.46. The highest BCUT2D eigenvalue weighted by Crippen LogP contribution is 2.28. The van der Waals surface area contributed by atoms with Gasteiger partial charge < -0.3 is 4.42 Å². The quantitative estimate of drug-likeness (QED) is 0.601. The van der Waals surface area contributed by atoms with E-state index in [0.717, 1.165) is 17.9 Å². The number of benzene rings is 2. The maximum absolute atomic E-state index is 12.5. The summed E-state index contributed by atoms with van der Waals surface area (Å²) in [5.41, 5.74) is 2.74. The molecular weight excluding hydrogens is 284 g/mol. The van der Waals surface area contributed by atoms with Gasteiger partial charge in [0.2, 0.25) is 5.43 Å². The number of fused-ring (bicyclic) bond motifs is 2.